The first-order chi connectivity index (χ1) is 16.7. The molecule has 0 atom stereocenters. The Balaban J connectivity index is 1.59. The number of rotatable bonds is 6. The fraction of sp³-hybridized carbons (Fsp3) is 0.125. The summed E-state index contributed by atoms with van der Waals surface area (Å²) in [7, 11) is 1.51. The maximum Gasteiger partial charge on any atom is 0.416 e. The number of methoxy groups -OCH3 is 1. The highest BCUT2D eigenvalue weighted by molar-refractivity contribution is 14.1. The smallest absolute Gasteiger partial charge is 0.416 e. The largest absolute Gasteiger partial charge is 0.493 e. The molecule has 1 amide bonds. The SMILES string of the molecule is COc1cc(/C=C2/SC(=S)N(c3cccc(C(F)(F)F)c3)C2=O)cc(I)c1OCc1ccccn1. The number of carbonyl (C=O) groups excluding carboxylic acids is 1. The number of pyridine rings is 1. The summed E-state index contributed by atoms with van der Waals surface area (Å²) in [5, 5.41) is 0. The van der Waals surface area contributed by atoms with Crippen LogP contribution in [0.4, 0.5) is 18.9 Å². The average molecular weight is 628 g/mol. The number of amides is 1. The number of carbonyl (C=O) groups is 1. The molecule has 1 fully saturated rings. The van der Waals surface area contributed by atoms with Gasteiger partial charge in [-0.2, -0.15) is 13.2 Å². The molecular weight excluding hydrogens is 612 g/mol. The Hall–Kier alpha value is -2.64. The first-order valence-corrected chi connectivity index (χ1v) is 12.3. The lowest BCUT2D eigenvalue weighted by Gasteiger charge is -2.16. The Morgan fingerprint density at radius 1 is 1.17 bits per heavy atom. The van der Waals surface area contributed by atoms with Crippen molar-refractivity contribution in [3.8, 4) is 11.5 Å². The predicted octanol–water partition coefficient (Wildman–Crippen LogP) is 6.70. The van der Waals surface area contributed by atoms with Crippen molar-refractivity contribution in [3.63, 3.8) is 0 Å². The molecule has 2 aromatic carbocycles. The van der Waals surface area contributed by atoms with Crippen molar-refractivity contribution in [3.05, 3.63) is 86.1 Å². The highest BCUT2D eigenvalue weighted by Crippen LogP contribution is 2.40. The molecule has 0 spiro atoms. The van der Waals surface area contributed by atoms with Crippen molar-refractivity contribution in [1.29, 1.82) is 0 Å². The van der Waals surface area contributed by atoms with Crippen LogP contribution in [0.1, 0.15) is 16.8 Å². The minimum Gasteiger partial charge on any atom is -0.493 e. The van der Waals surface area contributed by atoms with Gasteiger partial charge in [-0.15, -0.1) is 0 Å². The summed E-state index contributed by atoms with van der Waals surface area (Å²) in [6.07, 6.45) is -1.22. The highest BCUT2D eigenvalue weighted by Gasteiger charge is 2.36. The van der Waals surface area contributed by atoms with Gasteiger partial charge in [0.25, 0.3) is 5.91 Å². The van der Waals surface area contributed by atoms with Gasteiger partial charge in [0, 0.05) is 6.20 Å². The van der Waals surface area contributed by atoms with E-state index < -0.39 is 17.6 Å². The van der Waals surface area contributed by atoms with Crippen LogP contribution in [-0.4, -0.2) is 22.3 Å². The number of benzene rings is 2. The van der Waals surface area contributed by atoms with Crippen LogP contribution in [0, 0.1) is 3.57 Å². The van der Waals surface area contributed by atoms with Crippen LogP contribution in [0.3, 0.4) is 0 Å². The second-order valence-corrected chi connectivity index (χ2v) is 10.0. The van der Waals surface area contributed by atoms with Crippen molar-refractivity contribution < 1.29 is 27.4 Å². The maximum atomic E-state index is 13.1. The number of aromatic nitrogens is 1. The minimum absolute atomic E-state index is 0.0659. The number of ether oxygens (including phenoxy) is 2. The Morgan fingerprint density at radius 2 is 1.97 bits per heavy atom. The average Bonchev–Trinajstić information content (AvgIpc) is 3.10. The number of thioether (sulfide) groups is 1. The van der Waals surface area contributed by atoms with E-state index in [0.29, 0.717) is 17.1 Å². The van der Waals surface area contributed by atoms with E-state index in [2.05, 4.69) is 27.6 Å². The Bertz CT molecular complexity index is 1320. The van der Waals surface area contributed by atoms with Gasteiger partial charge >= 0.3 is 6.18 Å². The second-order valence-electron chi connectivity index (χ2n) is 7.21. The molecule has 3 aromatic rings. The molecule has 5 nitrogen and oxygen atoms in total. The number of alkyl halides is 3. The predicted molar refractivity (Wildman–Crippen MR) is 141 cm³/mol. The molecule has 11 heteroatoms. The first-order valence-electron chi connectivity index (χ1n) is 10.0. The van der Waals surface area contributed by atoms with E-state index >= 15 is 0 Å². The number of nitrogens with zero attached hydrogens (tertiary/aromatic N) is 2. The third-order valence-electron chi connectivity index (χ3n) is 4.87. The van der Waals surface area contributed by atoms with Crippen LogP contribution in [0.5, 0.6) is 11.5 Å². The van der Waals surface area contributed by atoms with Crippen molar-refractivity contribution >= 4 is 68.6 Å². The molecule has 0 saturated carbocycles. The Labute approximate surface area is 222 Å². The molecule has 1 aliphatic rings. The van der Waals surface area contributed by atoms with Crippen molar-refractivity contribution in [2.75, 3.05) is 12.0 Å². The van der Waals surface area contributed by atoms with Gasteiger partial charge in [0.15, 0.2) is 15.8 Å². The molecule has 1 saturated heterocycles. The summed E-state index contributed by atoms with van der Waals surface area (Å²) in [4.78, 5) is 18.7. The molecular formula is C24H16F3IN2O3S2. The van der Waals surface area contributed by atoms with E-state index in [4.69, 9.17) is 21.7 Å². The normalized spacial score (nSPS) is 15.1. The highest BCUT2D eigenvalue weighted by atomic mass is 127. The summed E-state index contributed by atoms with van der Waals surface area (Å²) in [5.41, 5.74) is 0.624. The van der Waals surface area contributed by atoms with Gasteiger partial charge in [0.1, 0.15) is 6.61 Å². The fourth-order valence-electron chi connectivity index (χ4n) is 3.26. The number of thiocarbonyl (C=S) groups is 1. The first kappa shape index (κ1) is 25.5. The summed E-state index contributed by atoms with van der Waals surface area (Å²) in [6.45, 7) is 0.252. The maximum absolute atomic E-state index is 13.1. The molecule has 0 N–H and O–H groups in total. The van der Waals surface area contributed by atoms with Crippen LogP contribution in [0.15, 0.2) is 65.7 Å². The molecule has 1 aromatic heterocycles. The standard InChI is InChI=1S/C24H16F3IN2O3S2/c1-32-19-10-14(9-18(28)21(19)33-13-16-6-2-3-8-29-16)11-20-22(31)30(23(34)35-20)17-7-4-5-15(12-17)24(25,26)27/h2-12H,13H2,1H3/b20-11+. The van der Waals surface area contributed by atoms with Gasteiger partial charge in [-0.25, -0.2) is 0 Å². The molecule has 0 bridgehead atoms. The van der Waals surface area contributed by atoms with Gasteiger partial charge in [-0.1, -0.05) is 36.1 Å². The van der Waals surface area contributed by atoms with Crippen LogP contribution in [0.2, 0.25) is 0 Å². The Kier molecular flexibility index (Phi) is 7.67. The molecule has 1 aliphatic heterocycles. The van der Waals surface area contributed by atoms with Gasteiger partial charge in [0.2, 0.25) is 0 Å². The monoisotopic (exact) mass is 628 g/mol. The number of hydrogen-bond acceptors (Lipinski definition) is 6. The zero-order chi connectivity index (χ0) is 25.2. The molecule has 180 valence electrons. The third-order valence-corrected chi connectivity index (χ3v) is 6.97. The van der Waals surface area contributed by atoms with Crippen molar-refractivity contribution in [1.82, 2.24) is 4.98 Å². The molecule has 0 radical (unpaired) electrons. The summed E-state index contributed by atoms with van der Waals surface area (Å²) >= 11 is 8.43. The lowest BCUT2D eigenvalue weighted by Crippen LogP contribution is -2.27. The van der Waals surface area contributed by atoms with Crippen LogP contribution < -0.4 is 14.4 Å². The number of anilines is 1. The van der Waals surface area contributed by atoms with Crippen LogP contribution >= 0.6 is 46.6 Å². The van der Waals surface area contributed by atoms with E-state index in [1.807, 2.05) is 24.3 Å². The zero-order valence-electron chi connectivity index (χ0n) is 18.0. The van der Waals surface area contributed by atoms with E-state index in [0.717, 1.165) is 38.1 Å². The van der Waals surface area contributed by atoms with E-state index in [9.17, 15) is 18.0 Å². The summed E-state index contributed by atoms with van der Waals surface area (Å²) in [6, 6.07) is 13.6. The summed E-state index contributed by atoms with van der Waals surface area (Å²) < 4.78 is 51.7. The minimum atomic E-state index is -4.53. The molecule has 0 unspecified atom stereocenters. The van der Waals surface area contributed by atoms with E-state index in [-0.39, 0.29) is 21.5 Å². The lowest BCUT2D eigenvalue weighted by molar-refractivity contribution is -0.137. The molecule has 2 heterocycles. The number of halogens is 4. The van der Waals surface area contributed by atoms with Crippen LogP contribution in [-0.2, 0) is 17.6 Å². The van der Waals surface area contributed by atoms with Crippen LogP contribution in [0.25, 0.3) is 6.08 Å². The lowest BCUT2D eigenvalue weighted by atomic mass is 10.1. The van der Waals surface area contributed by atoms with Gasteiger partial charge in [-0.05, 0) is 76.7 Å². The molecule has 35 heavy (non-hydrogen) atoms. The second kappa shape index (κ2) is 10.5. The van der Waals surface area contributed by atoms with E-state index in [1.165, 1.54) is 19.2 Å². The number of hydrogen-bond donors (Lipinski definition) is 0. The van der Waals surface area contributed by atoms with Crippen molar-refractivity contribution in [2.24, 2.45) is 0 Å². The fourth-order valence-corrected chi connectivity index (χ4v) is 5.34. The quantitative estimate of drug-likeness (QED) is 0.172. The molecule has 0 aliphatic carbocycles. The zero-order valence-corrected chi connectivity index (χ0v) is 21.8. The van der Waals surface area contributed by atoms with E-state index in [1.54, 1.807) is 18.3 Å². The topological polar surface area (TPSA) is 51.7 Å². The van der Waals surface area contributed by atoms with Crippen molar-refractivity contribution in [2.45, 2.75) is 12.8 Å². The summed E-state index contributed by atoms with van der Waals surface area (Å²) in [5.74, 6) is 0.503. The Morgan fingerprint density at radius 3 is 2.66 bits per heavy atom. The third kappa shape index (κ3) is 5.78. The molecule has 4 rings (SSSR count). The van der Waals surface area contributed by atoms with Gasteiger partial charge < -0.3 is 9.47 Å². The van der Waals surface area contributed by atoms with Gasteiger partial charge in [-0.3, -0.25) is 14.7 Å². The van der Waals surface area contributed by atoms with Gasteiger partial charge in [0.05, 0.1) is 32.5 Å².